The van der Waals surface area contributed by atoms with Crippen LogP contribution < -0.4 is 5.84 Å². The van der Waals surface area contributed by atoms with Crippen molar-refractivity contribution in [2.45, 2.75) is 50.0 Å². The molecular formula is C12H18F3N5OS. The number of amides is 1. The molecule has 0 unspecified atom stereocenters. The second-order valence-electron chi connectivity index (χ2n) is 5.11. The van der Waals surface area contributed by atoms with E-state index in [9.17, 15) is 18.0 Å². The van der Waals surface area contributed by atoms with Crippen LogP contribution in [0.1, 0.15) is 38.4 Å². The van der Waals surface area contributed by atoms with E-state index in [-0.39, 0.29) is 22.9 Å². The number of carbonyl (C=O) groups is 1. The van der Waals surface area contributed by atoms with Gasteiger partial charge in [-0.3, -0.25) is 4.79 Å². The highest BCUT2D eigenvalue weighted by molar-refractivity contribution is 7.99. The summed E-state index contributed by atoms with van der Waals surface area (Å²) in [6.45, 7) is 2.72. The van der Waals surface area contributed by atoms with E-state index in [4.69, 9.17) is 5.84 Å². The molecular weight excluding hydrogens is 319 g/mol. The molecule has 2 N–H and O–H groups in total. The van der Waals surface area contributed by atoms with Gasteiger partial charge in [0.05, 0.1) is 5.75 Å². The van der Waals surface area contributed by atoms with Crippen LogP contribution in [0.3, 0.4) is 0 Å². The van der Waals surface area contributed by atoms with Crippen molar-refractivity contribution in [3.63, 3.8) is 0 Å². The largest absolute Gasteiger partial charge is 0.453 e. The maximum Gasteiger partial charge on any atom is 0.453 e. The van der Waals surface area contributed by atoms with Gasteiger partial charge in [0.2, 0.25) is 11.1 Å². The van der Waals surface area contributed by atoms with Crippen LogP contribution in [0, 0.1) is 0 Å². The quantitative estimate of drug-likeness (QED) is 0.671. The highest BCUT2D eigenvalue weighted by atomic mass is 32.2. The lowest BCUT2D eigenvalue weighted by Gasteiger charge is -2.35. The number of hydrogen-bond acceptors (Lipinski definition) is 5. The average molecular weight is 337 g/mol. The highest BCUT2D eigenvalue weighted by Gasteiger charge is 2.38. The second-order valence-corrected chi connectivity index (χ2v) is 6.05. The van der Waals surface area contributed by atoms with Crippen molar-refractivity contribution in [2.24, 2.45) is 0 Å². The topological polar surface area (TPSA) is 77.0 Å². The van der Waals surface area contributed by atoms with Crippen molar-refractivity contribution in [2.75, 3.05) is 18.1 Å². The lowest BCUT2D eigenvalue weighted by molar-refractivity contribution is -0.146. The van der Waals surface area contributed by atoms with Gasteiger partial charge in [0.1, 0.15) is 0 Å². The molecule has 22 heavy (non-hydrogen) atoms. The average Bonchev–Trinajstić information content (AvgIpc) is 2.85. The zero-order valence-corrected chi connectivity index (χ0v) is 13.0. The molecule has 1 aromatic rings. The van der Waals surface area contributed by atoms with Crippen LogP contribution in [0.5, 0.6) is 0 Å². The van der Waals surface area contributed by atoms with Crippen molar-refractivity contribution in [3.05, 3.63) is 5.82 Å². The molecule has 124 valence electrons. The fourth-order valence-electron chi connectivity index (χ4n) is 2.53. The molecule has 6 nitrogen and oxygen atoms in total. The first kappa shape index (κ1) is 16.9. The molecule has 1 fully saturated rings. The molecule has 1 atom stereocenters. The van der Waals surface area contributed by atoms with Crippen molar-refractivity contribution in [1.29, 1.82) is 0 Å². The minimum atomic E-state index is -4.66. The van der Waals surface area contributed by atoms with Crippen LogP contribution in [0.4, 0.5) is 13.2 Å². The Kier molecular flexibility index (Phi) is 5.20. The van der Waals surface area contributed by atoms with E-state index in [1.54, 1.807) is 4.90 Å². The standard InChI is InChI=1S/C12H18F3N5OS/c1-2-8-5-3-4-6-19(8)9(21)7-22-11-18-17-10(20(11)16)12(13,14)15/h8H,2-7,16H2,1H3/t8-/m1/s1. The fourth-order valence-corrected chi connectivity index (χ4v) is 3.27. The molecule has 0 radical (unpaired) electrons. The third-order valence-electron chi connectivity index (χ3n) is 3.66. The van der Waals surface area contributed by atoms with Gasteiger partial charge in [-0.1, -0.05) is 18.7 Å². The third kappa shape index (κ3) is 3.65. The van der Waals surface area contributed by atoms with Crippen LogP contribution in [0.15, 0.2) is 5.16 Å². The van der Waals surface area contributed by atoms with Gasteiger partial charge in [-0.15, -0.1) is 10.2 Å². The molecule has 1 saturated heterocycles. The Morgan fingerprint density at radius 1 is 1.41 bits per heavy atom. The number of carbonyl (C=O) groups excluding carboxylic acids is 1. The summed E-state index contributed by atoms with van der Waals surface area (Å²) in [5.41, 5.74) is 0. The summed E-state index contributed by atoms with van der Waals surface area (Å²) in [5, 5.41) is 6.30. The van der Waals surface area contributed by atoms with Gasteiger partial charge in [0.15, 0.2) is 0 Å². The lowest BCUT2D eigenvalue weighted by atomic mass is 10.0. The Hall–Kier alpha value is -1.45. The maximum absolute atomic E-state index is 12.6. The summed E-state index contributed by atoms with van der Waals surface area (Å²) in [4.78, 5) is 14.0. The Bertz CT molecular complexity index is 533. The Morgan fingerprint density at radius 2 is 2.14 bits per heavy atom. The summed E-state index contributed by atoms with van der Waals surface area (Å²) in [7, 11) is 0. The van der Waals surface area contributed by atoms with Gasteiger partial charge in [-0.05, 0) is 25.7 Å². The summed E-state index contributed by atoms with van der Waals surface area (Å²) in [6.07, 6.45) is -0.760. The number of rotatable bonds is 4. The molecule has 1 aromatic heterocycles. The summed E-state index contributed by atoms with van der Waals surface area (Å²) >= 11 is 0.871. The zero-order chi connectivity index (χ0) is 16.3. The van der Waals surface area contributed by atoms with Crippen LogP contribution in [-0.4, -0.2) is 44.0 Å². The normalized spacial score (nSPS) is 19.5. The second kappa shape index (κ2) is 6.76. The Balaban J connectivity index is 1.98. The molecule has 0 saturated carbocycles. The zero-order valence-electron chi connectivity index (χ0n) is 12.1. The van der Waals surface area contributed by atoms with E-state index in [1.807, 2.05) is 6.92 Å². The first-order valence-corrected chi connectivity index (χ1v) is 8.03. The van der Waals surface area contributed by atoms with Gasteiger partial charge in [-0.2, -0.15) is 13.2 Å². The number of nitrogen functional groups attached to an aromatic ring is 1. The smallest absolute Gasteiger partial charge is 0.339 e. The number of nitrogens with two attached hydrogens (primary N) is 1. The number of likely N-dealkylation sites (tertiary alicyclic amines) is 1. The van der Waals surface area contributed by atoms with E-state index in [2.05, 4.69) is 10.2 Å². The van der Waals surface area contributed by atoms with Gasteiger partial charge in [-0.25, -0.2) is 4.68 Å². The highest BCUT2D eigenvalue weighted by Crippen LogP contribution is 2.29. The van der Waals surface area contributed by atoms with E-state index in [0.29, 0.717) is 11.2 Å². The van der Waals surface area contributed by atoms with E-state index >= 15 is 0 Å². The van der Waals surface area contributed by atoms with E-state index in [0.717, 1.165) is 37.4 Å². The van der Waals surface area contributed by atoms with Crippen molar-refractivity contribution in [3.8, 4) is 0 Å². The molecule has 10 heteroatoms. The van der Waals surface area contributed by atoms with Gasteiger partial charge < -0.3 is 10.7 Å². The van der Waals surface area contributed by atoms with Crippen LogP contribution in [0.2, 0.25) is 0 Å². The van der Waals surface area contributed by atoms with Crippen LogP contribution >= 0.6 is 11.8 Å². The van der Waals surface area contributed by atoms with Gasteiger partial charge in [0.25, 0.3) is 5.82 Å². The van der Waals surface area contributed by atoms with E-state index in [1.165, 1.54) is 0 Å². The number of hydrogen-bond donors (Lipinski definition) is 1. The van der Waals surface area contributed by atoms with Gasteiger partial charge >= 0.3 is 6.18 Å². The first-order chi connectivity index (χ1) is 10.3. The number of nitrogens with zero attached hydrogens (tertiary/aromatic N) is 4. The molecule has 0 bridgehead atoms. The molecule has 2 rings (SSSR count). The molecule has 2 heterocycles. The number of aromatic nitrogens is 3. The summed E-state index contributed by atoms with van der Waals surface area (Å²) in [6, 6.07) is 0.211. The number of thioether (sulfide) groups is 1. The minimum Gasteiger partial charge on any atom is -0.339 e. The van der Waals surface area contributed by atoms with Crippen molar-refractivity contribution < 1.29 is 18.0 Å². The summed E-state index contributed by atoms with van der Waals surface area (Å²) in [5.74, 6) is 3.96. The Labute approximate surface area is 130 Å². The van der Waals surface area contributed by atoms with E-state index < -0.39 is 12.0 Å². The number of halogens is 3. The molecule has 0 aliphatic carbocycles. The molecule has 1 amide bonds. The lowest BCUT2D eigenvalue weighted by Crippen LogP contribution is -2.44. The number of piperidine rings is 1. The molecule has 0 aromatic carbocycles. The minimum absolute atomic E-state index is 0.00366. The molecule has 1 aliphatic rings. The Morgan fingerprint density at radius 3 is 2.73 bits per heavy atom. The fraction of sp³-hybridized carbons (Fsp3) is 0.750. The number of alkyl halides is 3. The summed E-state index contributed by atoms with van der Waals surface area (Å²) < 4.78 is 38.1. The predicted molar refractivity (Wildman–Crippen MR) is 75.5 cm³/mol. The maximum atomic E-state index is 12.6. The molecule has 1 aliphatic heterocycles. The van der Waals surface area contributed by atoms with Gasteiger partial charge in [0, 0.05) is 12.6 Å². The first-order valence-electron chi connectivity index (χ1n) is 7.04. The van der Waals surface area contributed by atoms with Crippen molar-refractivity contribution in [1.82, 2.24) is 19.8 Å². The predicted octanol–water partition coefficient (Wildman–Crippen LogP) is 1.89. The monoisotopic (exact) mass is 337 g/mol. The van der Waals surface area contributed by atoms with Crippen LogP contribution in [0.25, 0.3) is 0 Å². The van der Waals surface area contributed by atoms with Crippen molar-refractivity contribution >= 4 is 17.7 Å². The third-order valence-corrected chi connectivity index (χ3v) is 4.59. The molecule has 0 spiro atoms. The van der Waals surface area contributed by atoms with Crippen LogP contribution in [-0.2, 0) is 11.0 Å². The SMILES string of the molecule is CC[C@@H]1CCCCN1C(=O)CSc1nnc(C(F)(F)F)n1N.